The number of aromatic nitrogens is 1. The van der Waals surface area contributed by atoms with Crippen LogP contribution in [0.4, 0.5) is 0 Å². The van der Waals surface area contributed by atoms with E-state index in [1.165, 1.54) is 5.51 Å². The second-order valence-corrected chi connectivity index (χ2v) is 7.11. The quantitative estimate of drug-likeness (QED) is 0.845. The summed E-state index contributed by atoms with van der Waals surface area (Å²) in [5.41, 5.74) is 2.72. The number of hydrogen-bond acceptors (Lipinski definition) is 5. The predicted octanol–water partition coefficient (Wildman–Crippen LogP) is 1.88. The molecule has 2 N–H and O–H groups in total. The van der Waals surface area contributed by atoms with E-state index in [1.54, 1.807) is 0 Å². The normalized spacial score (nSPS) is 11.5. The number of benzene rings is 1. The fourth-order valence-corrected chi connectivity index (χ4v) is 3.91. The standard InChI is InChI=1S/C13H14N2O4S2/c1-2-9-3-5-10(6-4-9)7-15-21(18,19)13-11(12(16)17)14-8-20-13/h3-6,8,15H,2,7H2,1H3,(H,16,17). The Morgan fingerprint density at radius 1 is 1.29 bits per heavy atom. The molecule has 0 unspecified atom stereocenters. The lowest BCUT2D eigenvalue weighted by atomic mass is 10.1. The number of carboxylic acids is 1. The summed E-state index contributed by atoms with van der Waals surface area (Å²) in [7, 11) is -3.88. The topological polar surface area (TPSA) is 96.4 Å². The lowest BCUT2D eigenvalue weighted by Gasteiger charge is -2.06. The van der Waals surface area contributed by atoms with Gasteiger partial charge in [0.25, 0.3) is 10.0 Å². The molecule has 21 heavy (non-hydrogen) atoms. The smallest absolute Gasteiger partial charge is 0.356 e. The van der Waals surface area contributed by atoms with E-state index in [-0.39, 0.29) is 10.8 Å². The third-order valence-corrected chi connectivity index (χ3v) is 5.65. The molecule has 0 spiro atoms. The summed E-state index contributed by atoms with van der Waals surface area (Å²) < 4.78 is 26.3. The van der Waals surface area contributed by atoms with Gasteiger partial charge in [0.2, 0.25) is 0 Å². The van der Waals surface area contributed by atoms with Crippen molar-refractivity contribution in [1.82, 2.24) is 9.71 Å². The second kappa shape index (κ2) is 6.33. The Bertz CT molecular complexity index is 736. The predicted molar refractivity (Wildman–Crippen MR) is 78.9 cm³/mol. The Morgan fingerprint density at radius 2 is 1.90 bits per heavy atom. The number of aromatic carboxylic acids is 1. The van der Waals surface area contributed by atoms with Crippen LogP contribution in [0.25, 0.3) is 0 Å². The minimum atomic E-state index is -3.88. The van der Waals surface area contributed by atoms with Gasteiger partial charge in [-0.1, -0.05) is 31.2 Å². The molecule has 8 heteroatoms. The molecule has 0 atom stereocenters. The highest BCUT2D eigenvalue weighted by Gasteiger charge is 2.25. The lowest BCUT2D eigenvalue weighted by molar-refractivity contribution is 0.0687. The highest BCUT2D eigenvalue weighted by molar-refractivity contribution is 7.91. The molecule has 1 heterocycles. The van der Waals surface area contributed by atoms with Gasteiger partial charge in [-0.15, -0.1) is 11.3 Å². The Balaban J connectivity index is 2.14. The monoisotopic (exact) mass is 326 g/mol. The highest BCUT2D eigenvalue weighted by Crippen LogP contribution is 2.20. The second-order valence-electron chi connectivity index (χ2n) is 4.29. The van der Waals surface area contributed by atoms with Gasteiger partial charge in [-0.05, 0) is 17.5 Å². The summed E-state index contributed by atoms with van der Waals surface area (Å²) in [6, 6.07) is 7.54. The molecule has 6 nitrogen and oxygen atoms in total. The van der Waals surface area contributed by atoms with Crippen molar-refractivity contribution >= 4 is 27.3 Å². The van der Waals surface area contributed by atoms with Crippen molar-refractivity contribution in [2.24, 2.45) is 0 Å². The molecule has 2 rings (SSSR count). The number of carbonyl (C=O) groups is 1. The fourth-order valence-electron chi connectivity index (χ4n) is 1.71. The summed E-state index contributed by atoms with van der Waals surface area (Å²) in [4.78, 5) is 14.5. The van der Waals surface area contributed by atoms with E-state index in [9.17, 15) is 13.2 Å². The third-order valence-electron chi connectivity index (χ3n) is 2.88. The maximum atomic E-state index is 12.1. The third kappa shape index (κ3) is 3.66. The maximum Gasteiger partial charge on any atom is 0.356 e. The molecule has 112 valence electrons. The number of carboxylic acid groups (broad SMARTS) is 1. The maximum absolute atomic E-state index is 12.1. The average Bonchev–Trinajstić information content (AvgIpc) is 2.96. The zero-order chi connectivity index (χ0) is 15.5. The number of aryl methyl sites for hydroxylation is 1. The minimum absolute atomic E-state index is 0.100. The van der Waals surface area contributed by atoms with Crippen molar-refractivity contribution in [2.75, 3.05) is 0 Å². The first-order valence-electron chi connectivity index (χ1n) is 6.18. The molecule has 0 fully saturated rings. The molecular weight excluding hydrogens is 312 g/mol. The van der Waals surface area contributed by atoms with Gasteiger partial charge in [0.15, 0.2) is 9.90 Å². The van der Waals surface area contributed by atoms with Crippen molar-refractivity contribution in [3.63, 3.8) is 0 Å². The van der Waals surface area contributed by atoms with Crippen LogP contribution < -0.4 is 4.72 Å². The molecule has 0 amide bonds. The van der Waals surface area contributed by atoms with E-state index in [1.807, 2.05) is 31.2 Å². The van der Waals surface area contributed by atoms with Gasteiger partial charge in [-0.3, -0.25) is 0 Å². The molecule has 0 saturated carbocycles. The van der Waals surface area contributed by atoms with Crippen LogP contribution in [0.2, 0.25) is 0 Å². The van der Waals surface area contributed by atoms with Crippen LogP contribution in [0.15, 0.2) is 34.0 Å². The van der Waals surface area contributed by atoms with Gasteiger partial charge in [0, 0.05) is 6.54 Å². The van der Waals surface area contributed by atoms with Crippen molar-refractivity contribution in [2.45, 2.75) is 24.1 Å². The molecule has 0 aliphatic heterocycles. The fraction of sp³-hybridized carbons (Fsp3) is 0.231. The summed E-state index contributed by atoms with van der Waals surface area (Å²) in [5, 5.41) is 8.91. The summed E-state index contributed by atoms with van der Waals surface area (Å²) in [6.45, 7) is 2.14. The zero-order valence-corrected chi connectivity index (χ0v) is 12.9. The first-order valence-corrected chi connectivity index (χ1v) is 8.54. The molecule has 0 aliphatic rings. The Labute approximate surface area is 126 Å². The Kier molecular flexibility index (Phi) is 4.71. The Morgan fingerprint density at radius 3 is 2.48 bits per heavy atom. The molecular formula is C13H14N2O4S2. The van der Waals surface area contributed by atoms with Gasteiger partial charge < -0.3 is 5.11 Å². The average molecular weight is 326 g/mol. The molecule has 0 bridgehead atoms. The molecule has 2 aromatic rings. The molecule has 1 aromatic heterocycles. The van der Waals surface area contributed by atoms with Gasteiger partial charge in [-0.2, -0.15) is 0 Å². The molecule has 0 saturated heterocycles. The van der Waals surface area contributed by atoms with Crippen molar-refractivity contribution in [3.05, 3.63) is 46.6 Å². The summed E-state index contributed by atoms with van der Waals surface area (Å²) >= 11 is 0.784. The van der Waals surface area contributed by atoms with Crippen LogP contribution in [0.1, 0.15) is 28.5 Å². The van der Waals surface area contributed by atoms with Crippen LogP contribution in [-0.2, 0) is 23.0 Å². The van der Waals surface area contributed by atoms with E-state index in [2.05, 4.69) is 9.71 Å². The largest absolute Gasteiger partial charge is 0.476 e. The molecule has 0 aliphatic carbocycles. The van der Waals surface area contributed by atoms with E-state index in [4.69, 9.17) is 5.11 Å². The SMILES string of the molecule is CCc1ccc(CNS(=O)(=O)c2scnc2C(=O)O)cc1. The first kappa shape index (κ1) is 15.6. The van der Waals surface area contributed by atoms with Crippen LogP contribution in [-0.4, -0.2) is 24.5 Å². The number of nitrogens with zero attached hydrogens (tertiary/aromatic N) is 1. The molecule has 1 aromatic carbocycles. The van der Waals surface area contributed by atoms with Crippen molar-refractivity contribution < 1.29 is 18.3 Å². The van der Waals surface area contributed by atoms with Crippen molar-refractivity contribution in [1.29, 1.82) is 0 Å². The van der Waals surface area contributed by atoms with E-state index < -0.39 is 21.7 Å². The minimum Gasteiger partial charge on any atom is -0.476 e. The van der Waals surface area contributed by atoms with Crippen LogP contribution in [0, 0.1) is 0 Å². The number of hydrogen-bond donors (Lipinski definition) is 2. The van der Waals surface area contributed by atoms with Gasteiger partial charge in [-0.25, -0.2) is 22.9 Å². The van der Waals surface area contributed by atoms with E-state index >= 15 is 0 Å². The van der Waals surface area contributed by atoms with E-state index in [0.717, 1.165) is 28.9 Å². The van der Waals surface area contributed by atoms with Gasteiger partial charge >= 0.3 is 5.97 Å². The van der Waals surface area contributed by atoms with Crippen LogP contribution in [0.3, 0.4) is 0 Å². The zero-order valence-electron chi connectivity index (χ0n) is 11.2. The van der Waals surface area contributed by atoms with Gasteiger partial charge in [0.1, 0.15) is 0 Å². The van der Waals surface area contributed by atoms with Crippen LogP contribution >= 0.6 is 11.3 Å². The summed E-state index contributed by atoms with van der Waals surface area (Å²) in [6.07, 6.45) is 0.912. The van der Waals surface area contributed by atoms with Crippen LogP contribution in [0.5, 0.6) is 0 Å². The first-order chi connectivity index (χ1) is 9.94. The van der Waals surface area contributed by atoms with Crippen molar-refractivity contribution in [3.8, 4) is 0 Å². The Hall–Kier alpha value is -1.77. The van der Waals surface area contributed by atoms with E-state index in [0.29, 0.717) is 0 Å². The molecule has 0 radical (unpaired) electrons. The lowest BCUT2D eigenvalue weighted by Crippen LogP contribution is -2.24. The number of sulfonamides is 1. The number of nitrogens with one attached hydrogen (secondary N) is 1. The number of thiazole rings is 1. The highest BCUT2D eigenvalue weighted by atomic mass is 32.2. The van der Waals surface area contributed by atoms with Gasteiger partial charge in [0.05, 0.1) is 5.51 Å². The number of rotatable bonds is 6. The summed E-state index contributed by atoms with van der Waals surface area (Å²) in [5.74, 6) is -1.36.